The summed E-state index contributed by atoms with van der Waals surface area (Å²) in [6, 6.07) is 10.3. The zero-order valence-electron chi connectivity index (χ0n) is 12.6. The van der Waals surface area contributed by atoms with Gasteiger partial charge in [0.05, 0.1) is 7.11 Å². The van der Waals surface area contributed by atoms with Crippen molar-refractivity contribution in [1.29, 1.82) is 0 Å². The number of pyridine rings is 1. The Balaban J connectivity index is 1.93. The molecule has 4 heteroatoms. The predicted octanol–water partition coefficient (Wildman–Crippen LogP) is 3.18. The second-order valence-electron chi connectivity index (χ2n) is 5.32. The number of benzene rings is 1. The first-order valence-electron chi connectivity index (χ1n) is 7.15. The van der Waals surface area contributed by atoms with Gasteiger partial charge in [0, 0.05) is 35.5 Å². The molecule has 4 nitrogen and oxygen atoms in total. The summed E-state index contributed by atoms with van der Waals surface area (Å²) in [5.41, 5.74) is 3.28. The molecule has 1 aromatic carbocycles. The Labute approximate surface area is 125 Å². The fraction of sp³-hybridized carbons (Fsp3) is 0.353. The molecular weight excluding hydrogens is 264 g/mol. The lowest BCUT2D eigenvalue weighted by Crippen LogP contribution is -2.26. The lowest BCUT2D eigenvalue weighted by atomic mass is 9.93. The maximum absolute atomic E-state index is 6.15. The Morgan fingerprint density at radius 1 is 1.29 bits per heavy atom. The van der Waals surface area contributed by atoms with Crippen LogP contribution in [0.2, 0.25) is 0 Å². The van der Waals surface area contributed by atoms with Crippen LogP contribution < -0.4 is 14.8 Å². The molecule has 3 rings (SSSR count). The van der Waals surface area contributed by atoms with Crippen LogP contribution in [0.5, 0.6) is 11.5 Å². The zero-order valence-corrected chi connectivity index (χ0v) is 12.6. The quantitative estimate of drug-likeness (QED) is 0.940. The number of nitrogens with zero attached hydrogens (tertiary/aromatic N) is 1. The number of nitrogens with one attached hydrogen (secondary N) is 1. The first kappa shape index (κ1) is 13.9. The maximum atomic E-state index is 6.15. The van der Waals surface area contributed by atoms with Gasteiger partial charge in [0.2, 0.25) is 0 Å². The number of aromatic nitrogens is 1. The van der Waals surface area contributed by atoms with E-state index < -0.39 is 0 Å². The van der Waals surface area contributed by atoms with Gasteiger partial charge in [-0.2, -0.15) is 0 Å². The van der Waals surface area contributed by atoms with Crippen LogP contribution in [0, 0.1) is 6.92 Å². The summed E-state index contributed by atoms with van der Waals surface area (Å²) in [5.74, 6) is 1.76. The van der Waals surface area contributed by atoms with E-state index in [1.165, 1.54) is 0 Å². The maximum Gasteiger partial charge on any atom is 0.127 e. The van der Waals surface area contributed by atoms with Crippen LogP contribution in [0.1, 0.15) is 35.4 Å². The number of rotatable bonds is 3. The van der Waals surface area contributed by atoms with Crippen molar-refractivity contribution in [1.82, 2.24) is 10.3 Å². The molecule has 0 bridgehead atoms. The van der Waals surface area contributed by atoms with Crippen LogP contribution in [-0.4, -0.2) is 19.1 Å². The summed E-state index contributed by atoms with van der Waals surface area (Å²) in [5, 5.41) is 3.37. The number of methoxy groups -OCH3 is 1. The average Bonchev–Trinajstić information content (AvgIpc) is 2.54. The molecule has 1 aromatic heterocycles. The normalized spacial score (nSPS) is 20.5. The van der Waals surface area contributed by atoms with Gasteiger partial charge in [-0.3, -0.25) is 4.98 Å². The van der Waals surface area contributed by atoms with Gasteiger partial charge in [0.25, 0.3) is 0 Å². The molecule has 110 valence electrons. The smallest absolute Gasteiger partial charge is 0.127 e. The van der Waals surface area contributed by atoms with Crippen LogP contribution in [0.25, 0.3) is 0 Å². The van der Waals surface area contributed by atoms with E-state index in [9.17, 15) is 0 Å². The molecule has 0 radical (unpaired) electrons. The third-order valence-corrected chi connectivity index (χ3v) is 3.97. The molecule has 0 aliphatic carbocycles. The molecule has 0 saturated carbocycles. The van der Waals surface area contributed by atoms with E-state index in [4.69, 9.17) is 9.47 Å². The summed E-state index contributed by atoms with van der Waals surface area (Å²) < 4.78 is 11.5. The van der Waals surface area contributed by atoms with Gasteiger partial charge < -0.3 is 14.8 Å². The Morgan fingerprint density at radius 3 is 2.81 bits per heavy atom. The van der Waals surface area contributed by atoms with Crippen LogP contribution in [0.3, 0.4) is 0 Å². The molecule has 1 aliphatic heterocycles. The Kier molecular flexibility index (Phi) is 3.80. The highest BCUT2D eigenvalue weighted by Gasteiger charge is 2.29. The Morgan fingerprint density at radius 2 is 2.14 bits per heavy atom. The highest BCUT2D eigenvalue weighted by atomic mass is 16.5. The molecule has 2 unspecified atom stereocenters. The first-order chi connectivity index (χ1) is 10.2. The third kappa shape index (κ3) is 2.72. The lowest BCUT2D eigenvalue weighted by molar-refractivity contribution is 0.153. The second-order valence-corrected chi connectivity index (χ2v) is 5.32. The van der Waals surface area contributed by atoms with Crippen LogP contribution in [0.4, 0.5) is 0 Å². The van der Waals surface area contributed by atoms with Crippen LogP contribution in [0.15, 0.2) is 36.5 Å². The van der Waals surface area contributed by atoms with Crippen molar-refractivity contribution in [3.05, 3.63) is 53.3 Å². The molecule has 2 atom stereocenters. The van der Waals surface area contributed by atoms with Crippen molar-refractivity contribution < 1.29 is 9.47 Å². The average molecular weight is 284 g/mol. The van der Waals surface area contributed by atoms with E-state index in [2.05, 4.69) is 16.4 Å². The topological polar surface area (TPSA) is 43.4 Å². The predicted molar refractivity (Wildman–Crippen MR) is 81.8 cm³/mol. The lowest BCUT2D eigenvalue weighted by Gasteiger charge is -2.32. The van der Waals surface area contributed by atoms with Crippen molar-refractivity contribution in [2.75, 3.05) is 14.2 Å². The van der Waals surface area contributed by atoms with Gasteiger partial charge in [-0.1, -0.05) is 6.07 Å². The van der Waals surface area contributed by atoms with E-state index in [1.807, 2.05) is 44.4 Å². The van der Waals surface area contributed by atoms with Gasteiger partial charge in [0.15, 0.2) is 0 Å². The first-order valence-corrected chi connectivity index (χ1v) is 7.15. The van der Waals surface area contributed by atoms with Crippen molar-refractivity contribution in [2.45, 2.75) is 25.5 Å². The van der Waals surface area contributed by atoms with Crippen molar-refractivity contribution in [3.8, 4) is 11.5 Å². The minimum Gasteiger partial charge on any atom is -0.497 e. The second kappa shape index (κ2) is 5.74. The van der Waals surface area contributed by atoms with Crippen LogP contribution >= 0.6 is 0 Å². The van der Waals surface area contributed by atoms with Gasteiger partial charge in [0.1, 0.15) is 17.6 Å². The van der Waals surface area contributed by atoms with Gasteiger partial charge >= 0.3 is 0 Å². The van der Waals surface area contributed by atoms with E-state index >= 15 is 0 Å². The molecule has 1 aliphatic rings. The van der Waals surface area contributed by atoms with Gasteiger partial charge in [-0.05, 0) is 38.2 Å². The summed E-state index contributed by atoms with van der Waals surface area (Å²) in [4.78, 5) is 4.37. The zero-order chi connectivity index (χ0) is 14.8. The molecule has 2 heterocycles. The molecule has 2 aromatic rings. The van der Waals surface area contributed by atoms with Gasteiger partial charge in [-0.25, -0.2) is 0 Å². The number of ether oxygens (including phenoxy) is 2. The number of fused-ring (bicyclic) bond motifs is 1. The van der Waals surface area contributed by atoms with E-state index in [-0.39, 0.29) is 12.1 Å². The van der Waals surface area contributed by atoms with E-state index in [0.29, 0.717) is 0 Å². The minimum atomic E-state index is 0.0245. The van der Waals surface area contributed by atoms with E-state index in [1.54, 1.807) is 7.11 Å². The van der Waals surface area contributed by atoms with Gasteiger partial charge in [-0.15, -0.1) is 0 Å². The summed E-state index contributed by atoms with van der Waals surface area (Å²) in [7, 11) is 3.66. The summed E-state index contributed by atoms with van der Waals surface area (Å²) >= 11 is 0. The fourth-order valence-corrected chi connectivity index (χ4v) is 2.72. The molecule has 0 amide bonds. The minimum absolute atomic E-state index is 0.0245. The SMILES string of the molecule is CNC1CC(c2ccc(C)nc2)Oc2ccc(OC)cc21. The van der Waals surface area contributed by atoms with Crippen LogP contribution in [-0.2, 0) is 0 Å². The highest BCUT2D eigenvalue weighted by Crippen LogP contribution is 2.41. The van der Waals surface area contributed by atoms with Crippen molar-refractivity contribution in [3.63, 3.8) is 0 Å². The third-order valence-electron chi connectivity index (χ3n) is 3.97. The van der Waals surface area contributed by atoms with Crippen molar-refractivity contribution in [2.24, 2.45) is 0 Å². The summed E-state index contributed by atoms with van der Waals surface area (Å²) in [6.07, 6.45) is 2.80. The number of aryl methyl sites for hydroxylation is 1. The van der Waals surface area contributed by atoms with E-state index in [0.717, 1.165) is 34.7 Å². The molecule has 0 fully saturated rings. The number of hydrogen-bond acceptors (Lipinski definition) is 4. The van der Waals surface area contributed by atoms with Crippen molar-refractivity contribution >= 4 is 0 Å². The molecule has 21 heavy (non-hydrogen) atoms. The Hall–Kier alpha value is -2.07. The monoisotopic (exact) mass is 284 g/mol. The number of hydrogen-bond donors (Lipinski definition) is 1. The molecule has 0 spiro atoms. The molecular formula is C17H20N2O2. The summed E-state index contributed by atoms with van der Waals surface area (Å²) in [6.45, 7) is 1.99. The largest absolute Gasteiger partial charge is 0.497 e. The standard InChI is InChI=1S/C17H20N2O2/c1-11-4-5-12(10-19-11)17-9-15(18-2)14-8-13(20-3)6-7-16(14)21-17/h4-8,10,15,17-18H,9H2,1-3H3. The molecule has 0 saturated heterocycles. The molecule has 1 N–H and O–H groups in total. The highest BCUT2D eigenvalue weighted by molar-refractivity contribution is 5.44. The fourth-order valence-electron chi connectivity index (χ4n) is 2.72. The Bertz CT molecular complexity index is 625.